The van der Waals surface area contributed by atoms with E-state index in [1.165, 1.54) is 29.5 Å². The molecule has 0 bridgehead atoms. The molecular weight excluding hydrogens is 240 g/mol. The van der Waals surface area contributed by atoms with Crippen molar-refractivity contribution in [2.24, 2.45) is 5.92 Å². The highest BCUT2D eigenvalue weighted by atomic mass is 32.2. The molecule has 5 heteroatoms. The summed E-state index contributed by atoms with van der Waals surface area (Å²) >= 11 is 3.41. The van der Waals surface area contributed by atoms with Crippen LogP contribution < -0.4 is 5.32 Å². The van der Waals surface area contributed by atoms with Gasteiger partial charge in [0.05, 0.1) is 11.3 Å². The standard InChI is InChI=1S/C11H16N2OS2/c1-7-10(8(2)14)11(16-13-7)12-5-9-3-4-15-6-9/h9,12H,3-6H2,1-2H3. The van der Waals surface area contributed by atoms with Crippen LogP contribution in [0, 0.1) is 12.8 Å². The van der Waals surface area contributed by atoms with Crippen LogP contribution in [0.15, 0.2) is 0 Å². The minimum absolute atomic E-state index is 0.106. The maximum absolute atomic E-state index is 11.5. The van der Waals surface area contributed by atoms with Crippen molar-refractivity contribution in [3.8, 4) is 0 Å². The molecule has 0 radical (unpaired) electrons. The van der Waals surface area contributed by atoms with Gasteiger partial charge < -0.3 is 5.32 Å². The molecule has 1 aliphatic heterocycles. The number of aryl methyl sites for hydroxylation is 1. The third-order valence-corrected chi connectivity index (χ3v) is 4.92. The van der Waals surface area contributed by atoms with E-state index in [0.717, 1.165) is 28.7 Å². The van der Waals surface area contributed by atoms with Gasteiger partial charge in [-0.15, -0.1) is 0 Å². The predicted octanol–water partition coefficient (Wildman–Crippen LogP) is 2.82. The molecule has 1 aromatic rings. The first-order valence-corrected chi connectivity index (χ1v) is 7.40. The van der Waals surface area contributed by atoms with Gasteiger partial charge in [-0.05, 0) is 49.2 Å². The number of hydrogen-bond donors (Lipinski definition) is 1. The molecule has 1 unspecified atom stereocenters. The summed E-state index contributed by atoms with van der Waals surface area (Å²) in [6.45, 7) is 4.46. The van der Waals surface area contributed by atoms with Crippen LogP contribution >= 0.6 is 23.3 Å². The van der Waals surface area contributed by atoms with Crippen molar-refractivity contribution in [3.05, 3.63) is 11.3 Å². The molecule has 0 spiro atoms. The molecule has 1 N–H and O–H groups in total. The molecule has 1 aromatic heterocycles. The zero-order chi connectivity index (χ0) is 11.5. The average Bonchev–Trinajstić information content (AvgIpc) is 2.83. The van der Waals surface area contributed by atoms with Gasteiger partial charge in [0.25, 0.3) is 0 Å². The molecule has 16 heavy (non-hydrogen) atoms. The maximum atomic E-state index is 11.5. The molecule has 2 heterocycles. The number of carbonyl (C=O) groups excluding carboxylic acids is 1. The van der Waals surface area contributed by atoms with E-state index in [4.69, 9.17) is 0 Å². The predicted molar refractivity (Wildman–Crippen MR) is 70.8 cm³/mol. The second kappa shape index (κ2) is 5.19. The zero-order valence-corrected chi connectivity index (χ0v) is 11.2. The quantitative estimate of drug-likeness (QED) is 0.841. The fourth-order valence-corrected chi connectivity index (χ4v) is 4.02. The third kappa shape index (κ3) is 2.58. The molecule has 1 atom stereocenters. The Balaban J connectivity index is 2.00. The summed E-state index contributed by atoms with van der Waals surface area (Å²) in [5, 5.41) is 4.33. The van der Waals surface area contributed by atoms with Gasteiger partial charge >= 0.3 is 0 Å². The van der Waals surface area contributed by atoms with Gasteiger partial charge in [-0.3, -0.25) is 4.79 Å². The van der Waals surface area contributed by atoms with Crippen LogP contribution in [0.25, 0.3) is 0 Å². The largest absolute Gasteiger partial charge is 0.375 e. The minimum Gasteiger partial charge on any atom is -0.375 e. The molecule has 0 aromatic carbocycles. The van der Waals surface area contributed by atoms with Gasteiger partial charge in [0.1, 0.15) is 5.00 Å². The normalized spacial score (nSPS) is 20.0. The van der Waals surface area contributed by atoms with Gasteiger partial charge in [-0.1, -0.05) is 0 Å². The number of rotatable bonds is 4. The summed E-state index contributed by atoms with van der Waals surface area (Å²) in [4.78, 5) is 11.5. The first-order valence-electron chi connectivity index (χ1n) is 5.47. The number of ketones is 1. The molecule has 0 aliphatic carbocycles. The summed E-state index contributed by atoms with van der Waals surface area (Å²) in [5.74, 6) is 3.36. The lowest BCUT2D eigenvalue weighted by Crippen LogP contribution is -2.14. The van der Waals surface area contributed by atoms with E-state index in [-0.39, 0.29) is 5.78 Å². The van der Waals surface area contributed by atoms with Crippen LogP contribution in [0.5, 0.6) is 0 Å². The van der Waals surface area contributed by atoms with Gasteiger partial charge in [-0.2, -0.15) is 16.1 Å². The molecule has 1 saturated heterocycles. The molecule has 0 amide bonds. The number of thioether (sulfide) groups is 1. The number of nitrogens with zero attached hydrogens (tertiary/aromatic N) is 1. The highest BCUT2D eigenvalue weighted by Crippen LogP contribution is 2.27. The Labute approximate surface area is 104 Å². The summed E-state index contributed by atoms with van der Waals surface area (Å²) in [6, 6.07) is 0. The fraction of sp³-hybridized carbons (Fsp3) is 0.636. The minimum atomic E-state index is 0.106. The third-order valence-electron chi connectivity index (χ3n) is 2.79. The van der Waals surface area contributed by atoms with Crippen molar-refractivity contribution in [1.29, 1.82) is 0 Å². The van der Waals surface area contributed by atoms with Crippen molar-refractivity contribution < 1.29 is 4.79 Å². The number of anilines is 1. The lowest BCUT2D eigenvalue weighted by atomic mass is 10.1. The summed E-state index contributed by atoms with van der Waals surface area (Å²) < 4.78 is 4.24. The molecule has 1 fully saturated rings. The Kier molecular flexibility index (Phi) is 3.86. The number of hydrogen-bond acceptors (Lipinski definition) is 5. The topological polar surface area (TPSA) is 42.0 Å². The monoisotopic (exact) mass is 256 g/mol. The van der Waals surface area contributed by atoms with Gasteiger partial charge in [0.15, 0.2) is 5.78 Å². The van der Waals surface area contributed by atoms with Gasteiger partial charge in [0, 0.05) is 6.54 Å². The maximum Gasteiger partial charge on any atom is 0.164 e. The second-order valence-electron chi connectivity index (χ2n) is 4.14. The summed E-state index contributed by atoms with van der Waals surface area (Å²) in [7, 11) is 0. The molecular formula is C11H16N2OS2. The highest BCUT2D eigenvalue weighted by molar-refractivity contribution is 7.99. The van der Waals surface area contributed by atoms with Crippen LogP contribution in [0.1, 0.15) is 29.4 Å². The molecule has 0 saturated carbocycles. The van der Waals surface area contributed by atoms with E-state index >= 15 is 0 Å². The first-order chi connectivity index (χ1) is 7.68. The Morgan fingerprint density at radius 2 is 2.44 bits per heavy atom. The van der Waals surface area contributed by atoms with E-state index in [1.807, 2.05) is 18.7 Å². The van der Waals surface area contributed by atoms with Gasteiger partial charge in [-0.25, -0.2) is 0 Å². The fourth-order valence-electron chi connectivity index (χ4n) is 1.89. The summed E-state index contributed by atoms with van der Waals surface area (Å²) in [6.07, 6.45) is 1.28. The number of Topliss-reactive ketones (excluding diaryl/α,β-unsaturated/α-hetero) is 1. The van der Waals surface area contributed by atoms with Crippen molar-refractivity contribution >= 4 is 34.1 Å². The van der Waals surface area contributed by atoms with Crippen molar-refractivity contribution in [1.82, 2.24) is 4.37 Å². The number of aromatic nitrogens is 1. The Morgan fingerprint density at radius 1 is 1.62 bits per heavy atom. The van der Waals surface area contributed by atoms with E-state index in [9.17, 15) is 4.79 Å². The van der Waals surface area contributed by atoms with Crippen LogP contribution in [-0.2, 0) is 0 Å². The SMILES string of the molecule is CC(=O)c1c(C)nsc1NCC1CCSC1. The van der Waals surface area contributed by atoms with Crippen LogP contribution in [0.4, 0.5) is 5.00 Å². The molecule has 3 nitrogen and oxygen atoms in total. The van der Waals surface area contributed by atoms with E-state index in [1.54, 1.807) is 6.92 Å². The Hall–Kier alpha value is -0.550. The van der Waals surface area contributed by atoms with E-state index in [2.05, 4.69) is 9.69 Å². The van der Waals surface area contributed by atoms with Crippen molar-refractivity contribution in [2.75, 3.05) is 23.4 Å². The van der Waals surface area contributed by atoms with Crippen LogP contribution in [0.2, 0.25) is 0 Å². The highest BCUT2D eigenvalue weighted by Gasteiger charge is 2.18. The average molecular weight is 256 g/mol. The van der Waals surface area contributed by atoms with Crippen molar-refractivity contribution in [2.45, 2.75) is 20.3 Å². The van der Waals surface area contributed by atoms with E-state index in [0.29, 0.717) is 0 Å². The molecule has 2 rings (SSSR count). The van der Waals surface area contributed by atoms with E-state index < -0.39 is 0 Å². The van der Waals surface area contributed by atoms with Crippen molar-refractivity contribution in [3.63, 3.8) is 0 Å². The summed E-state index contributed by atoms with van der Waals surface area (Å²) in [5.41, 5.74) is 1.62. The van der Waals surface area contributed by atoms with Crippen LogP contribution in [0.3, 0.4) is 0 Å². The lowest BCUT2D eigenvalue weighted by molar-refractivity contribution is 0.101. The van der Waals surface area contributed by atoms with Crippen LogP contribution in [-0.4, -0.2) is 28.2 Å². The second-order valence-corrected chi connectivity index (χ2v) is 6.06. The number of carbonyl (C=O) groups is 1. The van der Waals surface area contributed by atoms with Gasteiger partial charge in [0.2, 0.25) is 0 Å². The molecule has 1 aliphatic rings. The number of nitrogens with one attached hydrogen (secondary N) is 1. The smallest absolute Gasteiger partial charge is 0.164 e. The Morgan fingerprint density at radius 3 is 3.06 bits per heavy atom. The molecule has 88 valence electrons. The lowest BCUT2D eigenvalue weighted by Gasteiger charge is -2.10. The Bertz CT molecular complexity index is 383. The zero-order valence-electron chi connectivity index (χ0n) is 9.58. The first kappa shape index (κ1) is 11.9.